The smallest absolute Gasteiger partial charge is 0.0584 e. The maximum absolute atomic E-state index is 9.19. The number of nitrogens with zero attached hydrogens (tertiary/aromatic N) is 1. The molecule has 1 heterocycles. The highest BCUT2D eigenvalue weighted by molar-refractivity contribution is 4.79. The van der Waals surface area contributed by atoms with Crippen LogP contribution in [0.3, 0.4) is 0 Å². The number of rotatable bonds is 5. The molecule has 0 saturated carbocycles. The zero-order valence-electron chi connectivity index (χ0n) is 11.1. The monoisotopic (exact) mass is 228 g/mol. The van der Waals surface area contributed by atoms with Gasteiger partial charge in [0.05, 0.1) is 6.61 Å². The Labute approximate surface area is 100 Å². The van der Waals surface area contributed by atoms with Gasteiger partial charge in [0, 0.05) is 18.1 Å². The molecule has 0 bridgehead atoms. The Kier molecular flexibility index (Phi) is 6.32. The highest BCUT2D eigenvalue weighted by Gasteiger charge is 2.19. The lowest BCUT2D eigenvalue weighted by atomic mass is 10.1. The van der Waals surface area contributed by atoms with Gasteiger partial charge in [0.1, 0.15) is 0 Å². The van der Waals surface area contributed by atoms with Crippen molar-refractivity contribution in [3.8, 4) is 0 Å². The van der Waals surface area contributed by atoms with Crippen molar-refractivity contribution in [2.75, 3.05) is 19.7 Å². The molecule has 1 saturated heterocycles. The van der Waals surface area contributed by atoms with Gasteiger partial charge in [0.2, 0.25) is 0 Å². The number of aliphatic hydroxyl groups excluding tert-OH is 1. The lowest BCUT2D eigenvalue weighted by molar-refractivity contribution is 0.214. The lowest BCUT2D eigenvalue weighted by Gasteiger charge is -2.25. The minimum Gasteiger partial charge on any atom is -0.395 e. The summed E-state index contributed by atoms with van der Waals surface area (Å²) >= 11 is 0. The van der Waals surface area contributed by atoms with E-state index >= 15 is 0 Å². The van der Waals surface area contributed by atoms with Crippen molar-refractivity contribution in [2.45, 2.75) is 64.6 Å². The molecule has 1 aliphatic heterocycles. The molecule has 3 nitrogen and oxygen atoms in total. The summed E-state index contributed by atoms with van der Waals surface area (Å²) in [5, 5.41) is 12.8. The van der Waals surface area contributed by atoms with Crippen LogP contribution in [0, 0.1) is 0 Å². The number of aliphatic hydroxyl groups is 1. The van der Waals surface area contributed by atoms with E-state index in [0.29, 0.717) is 12.1 Å². The van der Waals surface area contributed by atoms with Gasteiger partial charge in [-0.3, -0.25) is 0 Å². The normalized spacial score (nSPS) is 25.7. The number of likely N-dealkylation sites (tertiary alicyclic amines) is 1. The second-order valence-electron chi connectivity index (χ2n) is 5.21. The van der Waals surface area contributed by atoms with Gasteiger partial charge in [-0.1, -0.05) is 6.92 Å². The molecule has 0 aromatic heterocycles. The van der Waals surface area contributed by atoms with Crippen molar-refractivity contribution in [2.24, 2.45) is 0 Å². The third-order valence-electron chi connectivity index (χ3n) is 3.68. The molecule has 1 rings (SSSR count). The zero-order valence-corrected chi connectivity index (χ0v) is 11.1. The molecule has 2 N–H and O–H groups in total. The Morgan fingerprint density at radius 2 is 2.06 bits per heavy atom. The Hall–Kier alpha value is -0.120. The Bertz CT molecular complexity index is 181. The molecule has 1 aliphatic rings. The van der Waals surface area contributed by atoms with Crippen LogP contribution < -0.4 is 5.32 Å². The molecule has 2 atom stereocenters. The average molecular weight is 228 g/mol. The molecule has 0 aromatic rings. The van der Waals surface area contributed by atoms with Crippen molar-refractivity contribution in [1.82, 2.24) is 10.2 Å². The second-order valence-corrected chi connectivity index (χ2v) is 5.21. The fourth-order valence-corrected chi connectivity index (χ4v) is 2.43. The predicted octanol–water partition coefficient (Wildman–Crippen LogP) is 1.61. The Morgan fingerprint density at radius 3 is 2.62 bits per heavy atom. The lowest BCUT2D eigenvalue weighted by Crippen LogP contribution is -2.41. The number of hydrogen-bond donors (Lipinski definition) is 2. The first-order valence-electron chi connectivity index (χ1n) is 6.78. The third kappa shape index (κ3) is 4.40. The topological polar surface area (TPSA) is 35.5 Å². The van der Waals surface area contributed by atoms with E-state index in [-0.39, 0.29) is 12.6 Å². The standard InChI is InChI=1S/C13H28N2O/c1-4-12(10-16)14-13-6-5-8-15(9-7-13)11(2)3/h11-14,16H,4-10H2,1-3H3/t12-,13?/m1/s1. The first-order chi connectivity index (χ1) is 7.67. The summed E-state index contributed by atoms with van der Waals surface area (Å²) in [4.78, 5) is 2.56. The maximum atomic E-state index is 9.19. The molecule has 16 heavy (non-hydrogen) atoms. The largest absolute Gasteiger partial charge is 0.395 e. The van der Waals surface area contributed by atoms with Crippen molar-refractivity contribution in [3.05, 3.63) is 0 Å². The second kappa shape index (κ2) is 7.25. The van der Waals surface area contributed by atoms with E-state index in [2.05, 4.69) is 31.0 Å². The summed E-state index contributed by atoms with van der Waals surface area (Å²) < 4.78 is 0. The van der Waals surface area contributed by atoms with E-state index < -0.39 is 0 Å². The number of nitrogens with one attached hydrogen (secondary N) is 1. The molecule has 1 unspecified atom stereocenters. The fourth-order valence-electron chi connectivity index (χ4n) is 2.43. The molecule has 1 fully saturated rings. The molecule has 0 amide bonds. The molecule has 0 aliphatic carbocycles. The summed E-state index contributed by atoms with van der Waals surface area (Å²) in [6.07, 6.45) is 4.76. The fraction of sp³-hybridized carbons (Fsp3) is 1.00. The van der Waals surface area contributed by atoms with Gasteiger partial charge in [0.25, 0.3) is 0 Å². The van der Waals surface area contributed by atoms with Gasteiger partial charge in [0.15, 0.2) is 0 Å². The molecular weight excluding hydrogens is 200 g/mol. The molecule has 0 spiro atoms. The minimum atomic E-state index is 0.265. The van der Waals surface area contributed by atoms with Crippen molar-refractivity contribution < 1.29 is 5.11 Å². The van der Waals surface area contributed by atoms with Crippen LogP contribution in [0.4, 0.5) is 0 Å². The quantitative estimate of drug-likeness (QED) is 0.750. The zero-order chi connectivity index (χ0) is 12.0. The third-order valence-corrected chi connectivity index (χ3v) is 3.68. The molecule has 0 aromatic carbocycles. The van der Waals surface area contributed by atoms with Crippen LogP contribution in [0.25, 0.3) is 0 Å². The molecule has 0 radical (unpaired) electrons. The minimum absolute atomic E-state index is 0.265. The first kappa shape index (κ1) is 13.9. The van der Waals surface area contributed by atoms with E-state index in [1.165, 1.54) is 32.4 Å². The van der Waals surface area contributed by atoms with Gasteiger partial charge in [-0.15, -0.1) is 0 Å². The van der Waals surface area contributed by atoms with Crippen LogP contribution in [-0.4, -0.2) is 47.8 Å². The summed E-state index contributed by atoms with van der Waals surface area (Å²) in [6, 6.07) is 1.55. The molecular formula is C13H28N2O. The van der Waals surface area contributed by atoms with Crippen LogP contribution in [0.1, 0.15) is 46.5 Å². The Balaban J connectivity index is 2.35. The molecule has 3 heteroatoms. The van der Waals surface area contributed by atoms with E-state index in [1.807, 2.05) is 0 Å². The molecule has 96 valence electrons. The summed E-state index contributed by atoms with van der Waals surface area (Å²) in [7, 11) is 0. The number of hydrogen-bond acceptors (Lipinski definition) is 3. The highest BCUT2D eigenvalue weighted by Crippen LogP contribution is 2.14. The van der Waals surface area contributed by atoms with Crippen LogP contribution in [0.5, 0.6) is 0 Å². The predicted molar refractivity (Wildman–Crippen MR) is 68.6 cm³/mol. The SMILES string of the molecule is CC[C@H](CO)NC1CCCN(C(C)C)CC1. The van der Waals surface area contributed by atoms with Crippen molar-refractivity contribution in [3.63, 3.8) is 0 Å². The van der Waals surface area contributed by atoms with Crippen LogP contribution in [-0.2, 0) is 0 Å². The van der Waals surface area contributed by atoms with Crippen LogP contribution in [0.15, 0.2) is 0 Å². The summed E-state index contributed by atoms with van der Waals surface area (Å²) in [6.45, 7) is 9.36. The van der Waals surface area contributed by atoms with Crippen LogP contribution in [0.2, 0.25) is 0 Å². The van der Waals surface area contributed by atoms with E-state index in [4.69, 9.17) is 0 Å². The Morgan fingerprint density at radius 1 is 1.31 bits per heavy atom. The summed E-state index contributed by atoms with van der Waals surface area (Å²) in [5.41, 5.74) is 0. The van der Waals surface area contributed by atoms with Crippen molar-refractivity contribution in [1.29, 1.82) is 0 Å². The average Bonchev–Trinajstić information content (AvgIpc) is 2.51. The van der Waals surface area contributed by atoms with E-state index in [0.717, 1.165) is 6.42 Å². The van der Waals surface area contributed by atoms with Gasteiger partial charge in [-0.05, 0) is 52.6 Å². The summed E-state index contributed by atoms with van der Waals surface area (Å²) in [5.74, 6) is 0. The van der Waals surface area contributed by atoms with E-state index in [9.17, 15) is 5.11 Å². The highest BCUT2D eigenvalue weighted by atomic mass is 16.3. The van der Waals surface area contributed by atoms with Crippen LogP contribution >= 0.6 is 0 Å². The van der Waals surface area contributed by atoms with E-state index in [1.54, 1.807) is 0 Å². The van der Waals surface area contributed by atoms with Crippen molar-refractivity contribution >= 4 is 0 Å². The van der Waals surface area contributed by atoms with Gasteiger partial charge < -0.3 is 15.3 Å². The first-order valence-corrected chi connectivity index (χ1v) is 6.78. The van der Waals surface area contributed by atoms with Gasteiger partial charge in [-0.25, -0.2) is 0 Å². The maximum Gasteiger partial charge on any atom is 0.0584 e. The van der Waals surface area contributed by atoms with Gasteiger partial charge in [-0.2, -0.15) is 0 Å². The van der Waals surface area contributed by atoms with Gasteiger partial charge >= 0.3 is 0 Å².